The van der Waals surface area contributed by atoms with E-state index in [0.717, 1.165) is 11.3 Å². The Kier molecular flexibility index (Phi) is 4.48. The summed E-state index contributed by atoms with van der Waals surface area (Å²) in [5, 5.41) is 10.3. The molecule has 84 valence electrons. The van der Waals surface area contributed by atoms with Crippen LogP contribution in [0.25, 0.3) is 0 Å². The monoisotopic (exact) mass is 238 g/mol. The molecule has 0 saturated heterocycles. The number of carbonyl (C=O) groups excluding carboxylic acids is 2. The van der Waals surface area contributed by atoms with E-state index in [1.807, 2.05) is 6.07 Å². The van der Waals surface area contributed by atoms with Gasteiger partial charge in [-0.25, -0.2) is 4.79 Å². The number of nitriles is 1. The minimum atomic E-state index is -0.531. The van der Waals surface area contributed by atoms with Gasteiger partial charge in [-0.15, -0.1) is 11.3 Å². The molecule has 0 radical (unpaired) electrons. The van der Waals surface area contributed by atoms with Crippen LogP contribution in [0.5, 0.6) is 0 Å². The molecule has 0 unspecified atom stereocenters. The van der Waals surface area contributed by atoms with Gasteiger partial charge in [0, 0.05) is 6.42 Å². The van der Waals surface area contributed by atoms with Gasteiger partial charge in [0.1, 0.15) is 10.9 Å². The fourth-order valence-corrected chi connectivity index (χ4v) is 1.77. The Bertz CT molecular complexity index is 434. The number of hydrogen-bond acceptors (Lipinski definition) is 5. The van der Waals surface area contributed by atoms with E-state index in [4.69, 9.17) is 15.7 Å². The van der Waals surface area contributed by atoms with E-state index in [2.05, 4.69) is 0 Å². The summed E-state index contributed by atoms with van der Waals surface area (Å²) in [5.74, 6) is -0.957. The number of hydrogen-bond donors (Lipinski definition) is 1. The van der Waals surface area contributed by atoms with Gasteiger partial charge < -0.3 is 10.5 Å². The lowest BCUT2D eigenvalue weighted by atomic mass is 10.3. The maximum Gasteiger partial charge on any atom is 0.349 e. The molecule has 0 aliphatic heterocycles. The van der Waals surface area contributed by atoms with Crippen molar-refractivity contribution >= 4 is 23.2 Å². The largest absolute Gasteiger partial charge is 0.461 e. The first-order valence-corrected chi connectivity index (χ1v) is 5.46. The summed E-state index contributed by atoms with van der Waals surface area (Å²) >= 11 is 1.16. The SMILES string of the molecule is N#Cc1ccsc1C(=O)OCCCC(N)=O. The summed E-state index contributed by atoms with van der Waals surface area (Å²) < 4.78 is 4.89. The molecule has 6 heteroatoms. The van der Waals surface area contributed by atoms with Gasteiger partial charge in [-0.1, -0.05) is 0 Å². The van der Waals surface area contributed by atoms with Gasteiger partial charge in [0.2, 0.25) is 5.91 Å². The van der Waals surface area contributed by atoms with Crippen LogP contribution in [0.15, 0.2) is 11.4 Å². The molecule has 5 nitrogen and oxygen atoms in total. The van der Waals surface area contributed by atoms with E-state index in [1.165, 1.54) is 0 Å². The van der Waals surface area contributed by atoms with Crippen LogP contribution in [-0.2, 0) is 9.53 Å². The van der Waals surface area contributed by atoms with E-state index in [0.29, 0.717) is 16.9 Å². The Morgan fingerprint density at radius 2 is 2.31 bits per heavy atom. The van der Waals surface area contributed by atoms with Gasteiger partial charge in [-0.05, 0) is 17.9 Å². The van der Waals surface area contributed by atoms with Crippen molar-refractivity contribution in [1.29, 1.82) is 5.26 Å². The summed E-state index contributed by atoms with van der Waals surface area (Å²) in [7, 11) is 0. The minimum absolute atomic E-state index is 0.130. The van der Waals surface area contributed by atoms with Crippen molar-refractivity contribution in [2.75, 3.05) is 6.61 Å². The number of thiophene rings is 1. The number of amides is 1. The third-order valence-electron chi connectivity index (χ3n) is 1.77. The lowest BCUT2D eigenvalue weighted by molar-refractivity contribution is -0.118. The van der Waals surface area contributed by atoms with Crippen LogP contribution in [0.2, 0.25) is 0 Å². The molecule has 0 aromatic carbocycles. The van der Waals surface area contributed by atoms with Crippen molar-refractivity contribution in [1.82, 2.24) is 0 Å². The Morgan fingerprint density at radius 1 is 1.56 bits per heavy atom. The maximum absolute atomic E-state index is 11.5. The predicted molar refractivity (Wildman–Crippen MR) is 57.7 cm³/mol. The molecule has 0 bridgehead atoms. The molecule has 2 N–H and O–H groups in total. The van der Waals surface area contributed by atoms with Crippen LogP contribution < -0.4 is 5.73 Å². The van der Waals surface area contributed by atoms with Crippen LogP contribution in [0.1, 0.15) is 28.1 Å². The van der Waals surface area contributed by atoms with Crippen LogP contribution in [0, 0.1) is 11.3 Å². The molecule has 0 spiro atoms. The van der Waals surface area contributed by atoms with Crippen molar-refractivity contribution < 1.29 is 14.3 Å². The van der Waals surface area contributed by atoms with Crippen LogP contribution in [0.4, 0.5) is 0 Å². The molecule has 16 heavy (non-hydrogen) atoms. The lowest BCUT2D eigenvalue weighted by Gasteiger charge is -2.01. The summed E-state index contributed by atoms with van der Waals surface area (Å²) in [5.41, 5.74) is 5.24. The molecule has 1 heterocycles. The van der Waals surface area contributed by atoms with Crippen molar-refractivity contribution in [3.63, 3.8) is 0 Å². The van der Waals surface area contributed by atoms with E-state index in [-0.39, 0.29) is 13.0 Å². The number of rotatable bonds is 5. The van der Waals surface area contributed by atoms with Gasteiger partial charge >= 0.3 is 5.97 Å². The molecular weight excluding hydrogens is 228 g/mol. The highest BCUT2D eigenvalue weighted by atomic mass is 32.1. The molecule has 0 saturated carbocycles. The normalized spacial score (nSPS) is 9.44. The summed E-state index contributed by atoms with van der Waals surface area (Å²) in [6.45, 7) is 0.130. The quantitative estimate of drug-likeness (QED) is 0.612. The third-order valence-corrected chi connectivity index (χ3v) is 2.67. The molecule has 1 rings (SSSR count). The third kappa shape index (κ3) is 3.37. The fourth-order valence-electron chi connectivity index (χ4n) is 1.03. The Hall–Kier alpha value is -1.87. The number of esters is 1. The Labute approximate surface area is 96.4 Å². The molecule has 0 aliphatic carbocycles. The average Bonchev–Trinajstić information content (AvgIpc) is 2.71. The summed E-state index contributed by atoms with van der Waals surface area (Å²) in [6.07, 6.45) is 0.581. The molecule has 0 aliphatic rings. The van der Waals surface area contributed by atoms with Crippen molar-refractivity contribution in [3.05, 3.63) is 21.9 Å². The molecule has 0 fully saturated rings. The Morgan fingerprint density at radius 3 is 2.94 bits per heavy atom. The highest BCUT2D eigenvalue weighted by Gasteiger charge is 2.14. The second kappa shape index (κ2) is 5.88. The zero-order valence-electron chi connectivity index (χ0n) is 8.43. The maximum atomic E-state index is 11.5. The van der Waals surface area contributed by atoms with Gasteiger partial charge in [0.25, 0.3) is 0 Å². The number of nitrogens with two attached hydrogens (primary N) is 1. The highest BCUT2D eigenvalue weighted by Crippen LogP contribution is 2.16. The second-order valence-electron chi connectivity index (χ2n) is 2.98. The zero-order chi connectivity index (χ0) is 12.0. The number of ether oxygens (including phenoxy) is 1. The first kappa shape index (κ1) is 12.2. The van der Waals surface area contributed by atoms with Gasteiger partial charge in [0.15, 0.2) is 0 Å². The fraction of sp³-hybridized carbons (Fsp3) is 0.300. The number of carbonyl (C=O) groups is 2. The predicted octanol–water partition coefficient (Wildman–Crippen LogP) is 1.04. The molecule has 1 aromatic heterocycles. The average molecular weight is 238 g/mol. The van der Waals surface area contributed by atoms with Gasteiger partial charge in [-0.3, -0.25) is 4.79 Å². The van der Waals surface area contributed by atoms with Crippen LogP contribution >= 0.6 is 11.3 Å². The van der Waals surface area contributed by atoms with E-state index in [1.54, 1.807) is 11.4 Å². The van der Waals surface area contributed by atoms with E-state index in [9.17, 15) is 9.59 Å². The zero-order valence-corrected chi connectivity index (χ0v) is 9.25. The molecular formula is C10H10N2O3S. The second-order valence-corrected chi connectivity index (χ2v) is 3.90. The smallest absolute Gasteiger partial charge is 0.349 e. The van der Waals surface area contributed by atoms with Crippen LogP contribution in [-0.4, -0.2) is 18.5 Å². The van der Waals surface area contributed by atoms with Gasteiger partial charge in [0.05, 0.1) is 12.2 Å². The summed E-state index contributed by atoms with van der Waals surface area (Å²) in [6, 6.07) is 3.46. The van der Waals surface area contributed by atoms with Crippen LogP contribution in [0.3, 0.4) is 0 Å². The highest BCUT2D eigenvalue weighted by molar-refractivity contribution is 7.12. The van der Waals surface area contributed by atoms with E-state index >= 15 is 0 Å². The first-order chi connectivity index (χ1) is 7.65. The topological polar surface area (TPSA) is 93.2 Å². The van der Waals surface area contributed by atoms with Crippen molar-refractivity contribution in [2.24, 2.45) is 5.73 Å². The van der Waals surface area contributed by atoms with Crippen molar-refractivity contribution in [2.45, 2.75) is 12.8 Å². The standard InChI is InChI=1S/C10H10N2O3S/c11-6-7-3-5-16-9(7)10(14)15-4-1-2-8(12)13/h3,5H,1-2,4H2,(H2,12,13). The Balaban J connectivity index is 2.42. The molecule has 1 amide bonds. The number of primary amides is 1. The number of nitrogens with zero attached hydrogens (tertiary/aromatic N) is 1. The molecule has 1 aromatic rings. The summed E-state index contributed by atoms with van der Waals surface area (Å²) in [4.78, 5) is 22.2. The minimum Gasteiger partial charge on any atom is -0.461 e. The van der Waals surface area contributed by atoms with Crippen molar-refractivity contribution in [3.8, 4) is 6.07 Å². The molecule has 0 atom stereocenters. The lowest BCUT2D eigenvalue weighted by Crippen LogP contribution is -2.12. The van der Waals surface area contributed by atoms with E-state index < -0.39 is 11.9 Å². The first-order valence-electron chi connectivity index (χ1n) is 4.58. The van der Waals surface area contributed by atoms with Gasteiger partial charge in [-0.2, -0.15) is 5.26 Å².